The summed E-state index contributed by atoms with van der Waals surface area (Å²) in [6, 6.07) is 5.26. The molecular weight excluding hydrogens is 264 g/mol. The minimum atomic E-state index is 0.397. The molecule has 0 amide bonds. The van der Waals surface area contributed by atoms with E-state index in [1.165, 1.54) is 5.54 Å². The molecule has 0 heterocycles. The highest BCUT2D eigenvalue weighted by Gasteiger charge is 2.04. The SMILES string of the molecule is Cl/C=C(/Cl)CNc1c(Cl)cccc1Cl. The van der Waals surface area contributed by atoms with Crippen molar-refractivity contribution in [1.29, 1.82) is 0 Å². The van der Waals surface area contributed by atoms with Crippen LogP contribution in [0.3, 0.4) is 0 Å². The maximum atomic E-state index is 5.91. The first-order chi connectivity index (χ1) is 6.65. The number of benzene rings is 1. The van der Waals surface area contributed by atoms with E-state index in [9.17, 15) is 0 Å². The fourth-order valence-corrected chi connectivity index (χ4v) is 1.55. The molecule has 0 atom stereocenters. The van der Waals surface area contributed by atoms with Gasteiger partial charge in [-0.05, 0) is 12.1 Å². The summed E-state index contributed by atoms with van der Waals surface area (Å²) in [4.78, 5) is 0. The zero-order valence-electron chi connectivity index (χ0n) is 7.03. The average Bonchev–Trinajstić information content (AvgIpc) is 2.16. The first-order valence-corrected chi connectivity index (χ1v) is 5.35. The van der Waals surface area contributed by atoms with Crippen molar-refractivity contribution in [2.24, 2.45) is 0 Å². The van der Waals surface area contributed by atoms with Crippen LogP contribution in [0.1, 0.15) is 0 Å². The normalized spacial score (nSPS) is 11.6. The Balaban J connectivity index is 2.76. The van der Waals surface area contributed by atoms with Gasteiger partial charge in [-0.25, -0.2) is 0 Å². The minimum absolute atomic E-state index is 0.397. The molecule has 0 aliphatic rings. The van der Waals surface area contributed by atoms with Crippen LogP contribution in [-0.4, -0.2) is 6.54 Å². The highest BCUT2D eigenvalue weighted by molar-refractivity contribution is 6.39. The van der Waals surface area contributed by atoms with E-state index in [2.05, 4.69) is 5.32 Å². The van der Waals surface area contributed by atoms with Crippen LogP contribution in [0.2, 0.25) is 10.0 Å². The molecule has 0 spiro atoms. The number of hydrogen-bond acceptors (Lipinski definition) is 1. The zero-order valence-corrected chi connectivity index (χ0v) is 10.1. The van der Waals surface area contributed by atoms with Gasteiger partial charge in [0.25, 0.3) is 0 Å². The van der Waals surface area contributed by atoms with E-state index in [0.717, 1.165) is 0 Å². The third-order valence-electron chi connectivity index (χ3n) is 1.52. The van der Waals surface area contributed by atoms with Crippen molar-refractivity contribution in [1.82, 2.24) is 0 Å². The number of rotatable bonds is 3. The van der Waals surface area contributed by atoms with Gasteiger partial charge in [0.05, 0.1) is 22.3 Å². The molecule has 1 aromatic carbocycles. The molecule has 1 rings (SSSR count). The molecule has 0 aliphatic heterocycles. The summed E-state index contributed by atoms with van der Waals surface area (Å²) >= 11 is 22.9. The van der Waals surface area contributed by atoms with Gasteiger partial charge in [0.15, 0.2) is 0 Å². The zero-order chi connectivity index (χ0) is 10.6. The predicted molar refractivity (Wildman–Crippen MR) is 64.7 cm³/mol. The lowest BCUT2D eigenvalue weighted by Gasteiger charge is -2.08. The van der Waals surface area contributed by atoms with Crippen molar-refractivity contribution in [3.63, 3.8) is 0 Å². The molecule has 0 radical (unpaired) electrons. The molecule has 0 fully saturated rings. The van der Waals surface area contributed by atoms with E-state index in [-0.39, 0.29) is 0 Å². The summed E-state index contributed by atoms with van der Waals surface area (Å²) in [5.74, 6) is 0. The highest BCUT2D eigenvalue weighted by atomic mass is 35.5. The molecular formula is C9H7Cl4N. The van der Waals surface area contributed by atoms with Crippen LogP contribution in [0.15, 0.2) is 28.8 Å². The fraction of sp³-hybridized carbons (Fsp3) is 0.111. The molecule has 0 unspecified atom stereocenters. The molecule has 5 heteroatoms. The average molecular weight is 271 g/mol. The Bertz CT molecular complexity index is 328. The second-order valence-electron chi connectivity index (χ2n) is 2.51. The lowest BCUT2D eigenvalue weighted by molar-refractivity contribution is 1.31. The standard InChI is InChI=1S/C9H7Cl4N/c10-4-6(11)5-14-9-7(12)2-1-3-8(9)13/h1-4,14H,5H2/b6-4+. The summed E-state index contributed by atoms with van der Waals surface area (Å²) in [6.07, 6.45) is 0. The Morgan fingerprint density at radius 3 is 2.36 bits per heavy atom. The van der Waals surface area contributed by atoms with Crippen molar-refractivity contribution < 1.29 is 0 Å². The van der Waals surface area contributed by atoms with Gasteiger partial charge in [-0.2, -0.15) is 0 Å². The molecule has 1 aromatic rings. The smallest absolute Gasteiger partial charge is 0.0721 e. The van der Waals surface area contributed by atoms with E-state index in [0.29, 0.717) is 27.3 Å². The van der Waals surface area contributed by atoms with Crippen LogP contribution in [0.4, 0.5) is 5.69 Å². The van der Waals surface area contributed by atoms with Crippen molar-refractivity contribution in [2.45, 2.75) is 0 Å². The highest BCUT2D eigenvalue weighted by Crippen LogP contribution is 2.29. The maximum absolute atomic E-state index is 5.91. The third kappa shape index (κ3) is 3.25. The van der Waals surface area contributed by atoms with E-state index < -0.39 is 0 Å². The maximum Gasteiger partial charge on any atom is 0.0721 e. The van der Waals surface area contributed by atoms with Crippen molar-refractivity contribution in [3.8, 4) is 0 Å². The van der Waals surface area contributed by atoms with Crippen molar-refractivity contribution >= 4 is 52.1 Å². The first kappa shape index (κ1) is 12.0. The largest absolute Gasteiger partial charge is 0.378 e. The van der Waals surface area contributed by atoms with Gasteiger partial charge in [0, 0.05) is 10.6 Å². The Labute approximate surface area is 103 Å². The molecule has 14 heavy (non-hydrogen) atoms. The van der Waals surface area contributed by atoms with Crippen LogP contribution in [0.25, 0.3) is 0 Å². The molecule has 0 saturated heterocycles. The van der Waals surface area contributed by atoms with Gasteiger partial charge in [0.1, 0.15) is 0 Å². The lowest BCUT2D eigenvalue weighted by Crippen LogP contribution is -2.02. The number of nitrogens with one attached hydrogen (secondary N) is 1. The van der Waals surface area contributed by atoms with Gasteiger partial charge in [-0.15, -0.1) is 0 Å². The van der Waals surface area contributed by atoms with E-state index in [1.54, 1.807) is 18.2 Å². The van der Waals surface area contributed by atoms with Crippen molar-refractivity contribution in [2.75, 3.05) is 11.9 Å². The molecule has 0 bridgehead atoms. The summed E-state index contributed by atoms with van der Waals surface area (Å²) in [5.41, 5.74) is 1.95. The van der Waals surface area contributed by atoms with Gasteiger partial charge in [-0.1, -0.05) is 52.5 Å². The van der Waals surface area contributed by atoms with Gasteiger partial charge >= 0.3 is 0 Å². The Morgan fingerprint density at radius 2 is 1.86 bits per heavy atom. The van der Waals surface area contributed by atoms with Crippen molar-refractivity contribution in [3.05, 3.63) is 38.8 Å². The van der Waals surface area contributed by atoms with Gasteiger partial charge in [0.2, 0.25) is 0 Å². The molecule has 0 aromatic heterocycles. The van der Waals surface area contributed by atoms with Gasteiger partial charge in [-0.3, -0.25) is 0 Å². The number of para-hydroxylation sites is 1. The Kier molecular flexibility index (Phi) is 4.90. The minimum Gasteiger partial charge on any atom is -0.378 e. The van der Waals surface area contributed by atoms with E-state index in [4.69, 9.17) is 46.4 Å². The second-order valence-corrected chi connectivity index (χ2v) is 4.02. The first-order valence-electron chi connectivity index (χ1n) is 3.77. The molecule has 0 saturated carbocycles. The van der Waals surface area contributed by atoms with Crippen LogP contribution in [-0.2, 0) is 0 Å². The van der Waals surface area contributed by atoms with Crippen LogP contribution < -0.4 is 5.32 Å². The predicted octanol–water partition coefficient (Wildman–Crippen LogP) is 4.72. The summed E-state index contributed by atoms with van der Waals surface area (Å²) in [5, 5.41) is 4.58. The van der Waals surface area contributed by atoms with E-state index in [1.807, 2.05) is 0 Å². The van der Waals surface area contributed by atoms with Crippen LogP contribution in [0, 0.1) is 0 Å². The fourth-order valence-electron chi connectivity index (χ4n) is 0.878. The summed E-state index contributed by atoms with van der Waals surface area (Å²) < 4.78 is 0. The monoisotopic (exact) mass is 269 g/mol. The van der Waals surface area contributed by atoms with E-state index >= 15 is 0 Å². The third-order valence-corrected chi connectivity index (χ3v) is 2.76. The van der Waals surface area contributed by atoms with Gasteiger partial charge < -0.3 is 5.32 Å². The number of hydrogen-bond donors (Lipinski definition) is 1. The summed E-state index contributed by atoms with van der Waals surface area (Å²) in [6.45, 7) is 0.397. The molecule has 76 valence electrons. The molecule has 0 aliphatic carbocycles. The Hall–Kier alpha value is -0.0800. The lowest BCUT2D eigenvalue weighted by atomic mass is 10.3. The Morgan fingerprint density at radius 1 is 1.29 bits per heavy atom. The number of anilines is 1. The molecule has 1 nitrogen and oxygen atoms in total. The van der Waals surface area contributed by atoms with Crippen LogP contribution >= 0.6 is 46.4 Å². The summed E-state index contributed by atoms with van der Waals surface area (Å²) in [7, 11) is 0. The number of halogens is 4. The van der Waals surface area contributed by atoms with Crippen LogP contribution in [0.5, 0.6) is 0 Å². The topological polar surface area (TPSA) is 12.0 Å². The quantitative estimate of drug-likeness (QED) is 0.838. The second kappa shape index (κ2) is 5.72. The molecule has 1 N–H and O–H groups in total.